The molecule has 2 saturated heterocycles. The molecular weight excluding hydrogens is 112 g/mol. The summed E-state index contributed by atoms with van der Waals surface area (Å²) < 4.78 is 0. The van der Waals surface area contributed by atoms with Crippen LogP contribution in [0.4, 0.5) is 0 Å². The summed E-state index contributed by atoms with van der Waals surface area (Å²) in [6.45, 7) is 2.61. The third-order valence-corrected chi connectivity index (χ3v) is 3.42. The molecule has 1 N–H and O–H groups in total. The van der Waals surface area contributed by atoms with Crippen LogP contribution in [-0.4, -0.2) is 37.1 Å². The largest absolute Gasteiger partial charge is 0.312 e. The summed E-state index contributed by atoms with van der Waals surface area (Å²) in [5, 5.41) is 3.54. The SMILES string of the molecule is CN1CC23C[C@@H]2NC[C@@H]13. The van der Waals surface area contributed by atoms with Crippen molar-refractivity contribution in [3.63, 3.8) is 0 Å². The van der Waals surface area contributed by atoms with Crippen LogP contribution < -0.4 is 5.32 Å². The summed E-state index contributed by atoms with van der Waals surface area (Å²) in [6.07, 6.45) is 1.46. The molecule has 0 aromatic carbocycles. The Morgan fingerprint density at radius 3 is 3.00 bits per heavy atom. The van der Waals surface area contributed by atoms with Crippen LogP contribution >= 0.6 is 0 Å². The lowest BCUT2D eigenvalue weighted by Gasteiger charge is -2.44. The van der Waals surface area contributed by atoms with Crippen molar-refractivity contribution in [3.8, 4) is 0 Å². The Hall–Kier alpha value is -0.0800. The third-order valence-electron chi connectivity index (χ3n) is 3.42. The van der Waals surface area contributed by atoms with Crippen LogP contribution in [0.25, 0.3) is 0 Å². The Morgan fingerprint density at radius 1 is 1.67 bits per heavy atom. The number of rotatable bonds is 0. The molecule has 2 heterocycles. The van der Waals surface area contributed by atoms with Gasteiger partial charge in [0.2, 0.25) is 0 Å². The standard InChI is InChI=1S/C7H12N2/c1-9-4-7-2-5(7)8-3-6(7)9/h5-6,8H,2-4H2,1H3/t5-,6+,7?/m0/s1. The van der Waals surface area contributed by atoms with Gasteiger partial charge >= 0.3 is 0 Å². The lowest BCUT2D eigenvalue weighted by atomic mass is 9.87. The van der Waals surface area contributed by atoms with Crippen LogP contribution in [0.1, 0.15) is 6.42 Å². The molecule has 1 saturated carbocycles. The summed E-state index contributed by atoms with van der Waals surface area (Å²) in [5.74, 6) is 0. The summed E-state index contributed by atoms with van der Waals surface area (Å²) >= 11 is 0. The summed E-state index contributed by atoms with van der Waals surface area (Å²) in [7, 11) is 2.23. The van der Waals surface area contributed by atoms with Gasteiger partial charge in [0.25, 0.3) is 0 Å². The van der Waals surface area contributed by atoms with Gasteiger partial charge in [-0.2, -0.15) is 0 Å². The van der Waals surface area contributed by atoms with Crippen molar-refractivity contribution in [1.29, 1.82) is 0 Å². The highest BCUT2D eigenvalue weighted by Crippen LogP contribution is 2.60. The second-order valence-corrected chi connectivity index (χ2v) is 3.83. The van der Waals surface area contributed by atoms with Gasteiger partial charge in [0.05, 0.1) is 0 Å². The quantitative estimate of drug-likeness (QED) is 0.475. The van der Waals surface area contributed by atoms with Gasteiger partial charge in [-0.05, 0) is 13.5 Å². The molecule has 2 heteroatoms. The first-order valence-corrected chi connectivity index (χ1v) is 3.76. The summed E-state index contributed by atoms with van der Waals surface area (Å²) in [5.41, 5.74) is 0.786. The molecule has 0 radical (unpaired) electrons. The van der Waals surface area contributed by atoms with Crippen LogP contribution in [0, 0.1) is 5.41 Å². The highest BCUT2D eigenvalue weighted by atomic mass is 15.3. The normalized spacial score (nSPS) is 62.3. The zero-order chi connectivity index (χ0) is 6.06. The third kappa shape index (κ3) is 0.332. The Labute approximate surface area is 55.2 Å². The molecule has 2 nitrogen and oxygen atoms in total. The molecule has 0 bridgehead atoms. The van der Waals surface area contributed by atoms with Gasteiger partial charge in [-0.15, -0.1) is 0 Å². The van der Waals surface area contributed by atoms with Crippen LogP contribution in [0.5, 0.6) is 0 Å². The lowest BCUT2D eigenvalue weighted by molar-refractivity contribution is 0.0441. The molecule has 0 amide bonds. The van der Waals surface area contributed by atoms with Gasteiger partial charge in [0, 0.05) is 30.6 Å². The van der Waals surface area contributed by atoms with E-state index in [0.717, 1.165) is 17.5 Å². The molecule has 0 aromatic heterocycles. The van der Waals surface area contributed by atoms with Crippen LogP contribution in [0.3, 0.4) is 0 Å². The minimum absolute atomic E-state index is 0.786. The molecular formula is C7H12N2. The van der Waals surface area contributed by atoms with Gasteiger partial charge in [0.15, 0.2) is 0 Å². The molecule has 1 aliphatic carbocycles. The molecule has 50 valence electrons. The molecule has 0 aromatic rings. The number of nitrogens with one attached hydrogen (secondary N) is 1. The Bertz CT molecular complexity index is 166. The van der Waals surface area contributed by atoms with Crippen LogP contribution in [-0.2, 0) is 0 Å². The van der Waals surface area contributed by atoms with E-state index in [-0.39, 0.29) is 0 Å². The van der Waals surface area contributed by atoms with Crippen molar-refractivity contribution in [3.05, 3.63) is 0 Å². The predicted octanol–water partition coefficient (Wildman–Crippen LogP) is -0.338. The fourth-order valence-electron chi connectivity index (χ4n) is 2.76. The number of hydrogen-bond acceptors (Lipinski definition) is 2. The molecule has 3 aliphatic rings. The zero-order valence-electron chi connectivity index (χ0n) is 5.72. The number of nitrogens with zero attached hydrogens (tertiary/aromatic N) is 1. The van der Waals surface area contributed by atoms with Gasteiger partial charge in [-0.25, -0.2) is 0 Å². The van der Waals surface area contributed by atoms with Crippen molar-refractivity contribution in [2.24, 2.45) is 5.41 Å². The second kappa shape index (κ2) is 1.06. The molecule has 9 heavy (non-hydrogen) atoms. The summed E-state index contributed by atoms with van der Waals surface area (Å²) in [4.78, 5) is 2.47. The maximum Gasteiger partial charge on any atom is 0.0302 e. The monoisotopic (exact) mass is 124 g/mol. The summed E-state index contributed by atoms with van der Waals surface area (Å²) in [6, 6.07) is 1.82. The Balaban J connectivity index is 1.94. The van der Waals surface area contributed by atoms with E-state index in [1.54, 1.807) is 0 Å². The smallest absolute Gasteiger partial charge is 0.0302 e. The predicted molar refractivity (Wildman–Crippen MR) is 35.3 cm³/mol. The van der Waals surface area contributed by atoms with E-state index in [1.165, 1.54) is 19.5 Å². The topological polar surface area (TPSA) is 15.3 Å². The van der Waals surface area contributed by atoms with Crippen molar-refractivity contribution in [2.75, 3.05) is 20.1 Å². The van der Waals surface area contributed by atoms with Crippen LogP contribution in [0.2, 0.25) is 0 Å². The average Bonchev–Trinajstić information content (AvgIpc) is 2.41. The van der Waals surface area contributed by atoms with Crippen molar-refractivity contribution < 1.29 is 0 Å². The fraction of sp³-hybridized carbons (Fsp3) is 1.00. The van der Waals surface area contributed by atoms with E-state index in [4.69, 9.17) is 0 Å². The molecule has 3 rings (SSSR count). The first-order chi connectivity index (χ1) is 4.33. The molecule has 2 aliphatic heterocycles. The maximum absolute atomic E-state index is 3.54. The van der Waals surface area contributed by atoms with Gasteiger partial charge in [0.1, 0.15) is 0 Å². The van der Waals surface area contributed by atoms with Crippen molar-refractivity contribution in [1.82, 2.24) is 10.2 Å². The number of likely N-dealkylation sites (tertiary alicyclic amines) is 1. The Kier molecular flexibility index (Phi) is 0.552. The lowest BCUT2D eigenvalue weighted by Crippen LogP contribution is -2.56. The number of piperidine rings is 1. The van der Waals surface area contributed by atoms with Crippen LogP contribution in [0.15, 0.2) is 0 Å². The van der Waals surface area contributed by atoms with E-state index < -0.39 is 0 Å². The fourth-order valence-corrected chi connectivity index (χ4v) is 2.76. The molecule has 3 atom stereocenters. The van der Waals surface area contributed by atoms with Crippen molar-refractivity contribution in [2.45, 2.75) is 18.5 Å². The molecule has 3 fully saturated rings. The first-order valence-electron chi connectivity index (χ1n) is 3.76. The van der Waals surface area contributed by atoms with E-state index in [0.29, 0.717) is 0 Å². The van der Waals surface area contributed by atoms with E-state index in [1.807, 2.05) is 0 Å². The average molecular weight is 124 g/mol. The van der Waals surface area contributed by atoms with E-state index in [9.17, 15) is 0 Å². The maximum atomic E-state index is 3.54. The highest BCUT2D eigenvalue weighted by Gasteiger charge is 2.70. The number of hydrogen-bond donors (Lipinski definition) is 1. The van der Waals surface area contributed by atoms with Gasteiger partial charge in [-0.1, -0.05) is 0 Å². The van der Waals surface area contributed by atoms with E-state index >= 15 is 0 Å². The van der Waals surface area contributed by atoms with E-state index in [2.05, 4.69) is 17.3 Å². The first kappa shape index (κ1) is 4.69. The minimum atomic E-state index is 0.786. The number of likely N-dealkylation sites (N-methyl/N-ethyl adjacent to an activating group) is 1. The minimum Gasteiger partial charge on any atom is -0.312 e. The van der Waals surface area contributed by atoms with Gasteiger partial charge < -0.3 is 10.2 Å². The molecule has 1 unspecified atom stereocenters. The highest BCUT2D eigenvalue weighted by molar-refractivity contribution is 5.26. The van der Waals surface area contributed by atoms with Crippen molar-refractivity contribution >= 4 is 0 Å². The second-order valence-electron chi connectivity index (χ2n) is 3.83. The zero-order valence-corrected chi connectivity index (χ0v) is 5.72. The van der Waals surface area contributed by atoms with Gasteiger partial charge in [-0.3, -0.25) is 0 Å². The Morgan fingerprint density at radius 2 is 2.56 bits per heavy atom. The molecule has 1 spiro atoms.